The van der Waals surface area contributed by atoms with Gasteiger partial charge in [0.15, 0.2) is 6.10 Å². The van der Waals surface area contributed by atoms with Crippen molar-refractivity contribution < 1.29 is 28.7 Å². The number of aromatic nitrogens is 1. The second kappa shape index (κ2) is 13.3. The summed E-state index contributed by atoms with van der Waals surface area (Å²) in [4.78, 5) is 69.1. The van der Waals surface area contributed by atoms with Crippen LogP contribution in [0.2, 0.25) is 0 Å². The fraction of sp³-hybridized carbons (Fsp3) is 0.406. The molecule has 4 atom stereocenters. The number of morpholine rings is 1. The Balaban J connectivity index is 1.41. The minimum absolute atomic E-state index is 0.0155. The van der Waals surface area contributed by atoms with Gasteiger partial charge in [-0.3, -0.25) is 24.0 Å². The number of carbonyl (C=O) groups excluding carboxylic acids is 5. The molecule has 3 N–H and O–H groups in total. The Kier molecular flexibility index (Phi) is 9.29. The highest BCUT2D eigenvalue weighted by Crippen LogP contribution is 2.22. The van der Waals surface area contributed by atoms with Gasteiger partial charge in [-0.15, -0.1) is 0 Å². The standard InChI is InChI=1S/C32H38N6O6/c1-20-30(41)33-15-23-17-38(29(40)14-22-16-36(2)26-12-8-7-11-24(22)26)18-27(44-23)31(42)35-25(13-21-9-5-4-6-10-21)32(43)37(3)19-28(39)34-20/h4-12,16,20,23,25,27H,13-15,17-19H2,1-3H3,(H,33,41)(H,34,39)(H,35,42)/t20-,23+,25-,27-/m1/s1. The van der Waals surface area contributed by atoms with Crippen LogP contribution in [0.5, 0.6) is 0 Å². The molecule has 232 valence electrons. The van der Waals surface area contributed by atoms with E-state index in [4.69, 9.17) is 4.74 Å². The van der Waals surface area contributed by atoms with Gasteiger partial charge in [0.25, 0.3) is 5.91 Å². The first-order chi connectivity index (χ1) is 21.1. The molecule has 1 aromatic heterocycles. The fourth-order valence-corrected chi connectivity index (χ4v) is 5.74. The zero-order valence-electron chi connectivity index (χ0n) is 25.1. The molecule has 12 heteroatoms. The number of amides is 5. The monoisotopic (exact) mass is 602 g/mol. The Morgan fingerprint density at radius 1 is 0.932 bits per heavy atom. The normalized spacial score (nSPS) is 23.8. The maximum atomic E-state index is 13.7. The van der Waals surface area contributed by atoms with Crippen molar-refractivity contribution in [3.63, 3.8) is 0 Å². The first kappa shape index (κ1) is 30.7. The van der Waals surface area contributed by atoms with Gasteiger partial charge in [0.05, 0.1) is 25.6 Å². The molecule has 44 heavy (non-hydrogen) atoms. The summed E-state index contributed by atoms with van der Waals surface area (Å²) in [5.74, 6) is -2.18. The lowest BCUT2D eigenvalue weighted by Crippen LogP contribution is -2.59. The highest BCUT2D eigenvalue weighted by atomic mass is 16.5. The van der Waals surface area contributed by atoms with Gasteiger partial charge in [-0.2, -0.15) is 0 Å². The number of nitrogens with zero attached hydrogens (tertiary/aromatic N) is 3. The van der Waals surface area contributed by atoms with Crippen molar-refractivity contribution in [2.75, 3.05) is 33.2 Å². The Hall–Kier alpha value is -4.71. The van der Waals surface area contributed by atoms with E-state index in [1.165, 1.54) is 11.9 Å². The first-order valence-electron chi connectivity index (χ1n) is 14.7. The summed E-state index contributed by atoms with van der Waals surface area (Å²) in [5, 5.41) is 9.17. The van der Waals surface area contributed by atoms with Crippen LogP contribution in [0.4, 0.5) is 0 Å². The summed E-state index contributed by atoms with van der Waals surface area (Å²) in [6.45, 7) is 1.41. The summed E-state index contributed by atoms with van der Waals surface area (Å²) in [7, 11) is 3.39. The molecule has 0 spiro atoms. The number of ether oxygens (including phenoxy) is 1. The Labute approximate surface area is 255 Å². The molecule has 0 radical (unpaired) electrons. The van der Waals surface area contributed by atoms with Gasteiger partial charge in [-0.05, 0) is 24.1 Å². The Morgan fingerprint density at radius 3 is 2.43 bits per heavy atom. The molecule has 2 aliphatic rings. The predicted molar refractivity (Wildman–Crippen MR) is 162 cm³/mol. The van der Waals surface area contributed by atoms with Gasteiger partial charge < -0.3 is 35.1 Å². The van der Waals surface area contributed by atoms with E-state index >= 15 is 0 Å². The van der Waals surface area contributed by atoms with Gasteiger partial charge in [0, 0.05) is 50.7 Å². The molecule has 12 nitrogen and oxygen atoms in total. The minimum Gasteiger partial charge on any atom is -0.360 e. The average Bonchev–Trinajstić information content (AvgIpc) is 3.33. The third kappa shape index (κ3) is 7.08. The predicted octanol–water partition coefficient (Wildman–Crippen LogP) is 0.137. The largest absolute Gasteiger partial charge is 0.360 e. The van der Waals surface area contributed by atoms with E-state index in [9.17, 15) is 24.0 Å². The molecule has 0 saturated carbocycles. The number of carbonyl (C=O) groups is 5. The molecule has 0 aliphatic carbocycles. The fourth-order valence-electron chi connectivity index (χ4n) is 5.74. The van der Waals surface area contributed by atoms with E-state index < -0.39 is 47.9 Å². The maximum absolute atomic E-state index is 13.7. The van der Waals surface area contributed by atoms with Crippen LogP contribution in [0.1, 0.15) is 18.1 Å². The smallest absolute Gasteiger partial charge is 0.251 e. The number of likely N-dealkylation sites (N-methyl/N-ethyl adjacent to an activating group) is 1. The molecule has 5 rings (SSSR count). The number of rotatable bonds is 4. The Bertz CT molecular complexity index is 1560. The number of nitrogens with one attached hydrogen (secondary N) is 3. The van der Waals surface area contributed by atoms with Gasteiger partial charge in [0.1, 0.15) is 12.1 Å². The number of hydrogen-bond acceptors (Lipinski definition) is 6. The van der Waals surface area contributed by atoms with E-state index in [1.54, 1.807) is 11.8 Å². The first-order valence-corrected chi connectivity index (χ1v) is 14.7. The molecule has 3 aromatic rings. The number of fused-ring (bicyclic) bond motifs is 3. The lowest BCUT2D eigenvalue weighted by molar-refractivity contribution is -0.157. The van der Waals surface area contributed by atoms with Crippen LogP contribution in [0.25, 0.3) is 10.9 Å². The van der Waals surface area contributed by atoms with Crippen molar-refractivity contribution in [3.8, 4) is 0 Å². The third-order valence-electron chi connectivity index (χ3n) is 8.06. The minimum atomic E-state index is -1.08. The molecule has 2 bridgehead atoms. The van der Waals surface area contributed by atoms with E-state index in [2.05, 4.69) is 16.0 Å². The topological polar surface area (TPSA) is 142 Å². The van der Waals surface area contributed by atoms with Crippen molar-refractivity contribution >= 4 is 40.4 Å². The molecule has 2 saturated heterocycles. The summed E-state index contributed by atoms with van der Waals surface area (Å²) >= 11 is 0. The van der Waals surface area contributed by atoms with Crippen LogP contribution < -0.4 is 16.0 Å². The quantitative estimate of drug-likeness (QED) is 0.388. The van der Waals surface area contributed by atoms with Gasteiger partial charge >= 0.3 is 0 Å². The second-order valence-corrected chi connectivity index (χ2v) is 11.5. The van der Waals surface area contributed by atoms with Gasteiger partial charge in [-0.25, -0.2) is 0 Å². The molecule has 2 aliphatic heterocycles. The highest BCUT2D eigenvalue weighted by molar-refractivity contribution is 5.94. The molecular formula is C32H38N6O6. The molecular weight excluding hydrogens is 564 g/mol. The van der Waals surface area contributed by atoms with Crippen molar-refractivity contribution in [1.82, 2.24) is 30.3 Å². The second-order valence-electron chi connectivity index (χ2n) is 11.5. The van der Waals surface area contributed by atoms with E-state index in [0.29, 0.717) is 0 Å². The van der Waals surface area contributed by atoms with E-state index in [-0.39, 0.29) is 44.9 Å². The molecule has 2 aromatic carbocycles. The maximum Gasteiger partial charge on any atom is 0.251 e. The lowest BCUT2D eigenvalue weighted by atomic mass is 10.0. The van der Waals surface area contributed by atoms with Crippen molar-refractivity contribution in [2.45, 2.75) is 44.1 Å². The van der Waals surface area contributed by atoms with Crippen molar-refractivity contribution in [1.29, 1.82) is 0 Å². The molecule has 0 unspecified atom stereocenters. The SMILES string of the molecule is C[C@H]1NC(=O)CN(C)C(=O)[C@@H](Cc2ccccc2)NC(=O)[C@H]2CN(C(=O)Cc3cn(C)c4ccccc34)C[C@H](CNC1=O)O2. The summed E-state index contributed by atoms with van der Waals surface area (Å²) < 4.78 is 8.08. The van der Waals surface area contributed by atoms with Crippen LogP contribution in [0, 0.1) is 0 Å². The van der Waals surface area contributed by atoms with Gasteiger partial charge in [-0.1, -0.05) is 48.5 Å². The van der Waals surface area contributed by atoms with Crippen molar-refractivity contribution in [2.24, 2.45) is 7.05 Å². The lowest BCUT2D eigenvalue weighted by Gasteiger charge is -2.38. The number of aryl methyl sites for hydroxylation is 1. The summed E-state index contributed by atoms with van der Waals surface area (Å²) in [6.07, 6.45) is 0.462. The molecule has 5 amide bonds. The molecule has 3 heterocycles. The number of benzene rings is 2. The van der Waals surface area contributed by atoms with Gasteiger partial charge in [0.2, 0.25) is 23.6 Å². The number of para-hydroxylation sites is 1. The number of hydrogen-bond donors (Lipinski definition) is 3. The summed E-state index contributed by atoms with van der Waals surface area (Å²) in [6, 6.07) is 15.2. The van der Waals surface area contributed by atoms with Crippen LogP contribution >= 0.6 is 0 Å². The zero-order valence-corrected chi connectivity index (χ0v) is 25.1. The third-order valence-corrected chi connectivity index (χ3v) is 8.06. The summed E-state index contributed by atoms with van der Waals surface area (Å²) in [5.41, 5.74) is 2.69. The zero-order chi connectivity index (χ0) is 31.4. The van der Waals surface area contributed by atoms with Crippen LogP contribution in [-0.4, -0.2) is 101 Å². The molecule has 2 fully saturated rings. The Morgan fingerprint density at radius 2 is 1.66 bits per heavy atom. The average molecular weight is 603 g/mol. The van der Waals surface area contributed by atoms with Crippen molar-refractivity contribution in [3.05, 3.63) is 71.9 Å². The van der Waals surface area contributed by atoms with E-state index in [0.717, 1.165) is 22.0 Å². The van der Waals surface area contributed by atoms with Crippen LogP contribution in [-0.2, 0) is 48.6 Å². The van der Waals surface area contributed by atoms with Crippen LogP contribution in [0.3, 0.4) is 0 Å². The highest BCUT2D eigenvalue weighted by Gasteiger charge is 2.37. The van der Waals surface area contributed by atoms with E-state index in [1.807, 2.05) is 72.4 Å². The van der Waals surface area contributed by atoms with Crippen LogP contribution in [0.15, 0.2) is 60.8 Å².